The summed E-state index contributed by atoms with van der Waals surface area (Å²) in [5.74, 6) is 0.212. The van der Waals surface area contributed by atoms with Crippen molar-refractivity contribution in [1.82, 2.24) is 5.32 Å². The van der Waals surface area contributed by atoms with Crippen LogP contribution in [0, 0.1) is 0 Å². The van der Waals surface area contributed by atoms with E-state index < -0.39 is 9.84 Å². The predicted octanol–water partition coefficient (Wildman–Crippen LogP) is 0.827. The molecule has 15 heavy (non-hydrogen) atoms. The van der Waals surface area contributed by atoms with Crippen molar-refractivity contribution >= 4 is 9.84 Å². The molecule has 0 aliphatic carbocycles. The minimum Gasteiger partial charge on any atom is -0.381 e. The summed E-state index contributed by atoms with van der Waals surface area (Å²) in [5.41, 5.74) is 0. The zero-order chi connectivity index (χ0) is 11.6. The lowest BCUT2D eigenvalue weighted by molar-refractivity contribution is 0.129. The van der Waals surface area contributed by atoms with Crippen molar-refractivity contribution in [2.75, 3.05) is 38.3 Å². The van der Waals surface area contributed by atoms with Crippen LogP contribution in [0.4, 0.5) is 0 Å². The van der Waals surface area contributed by atoms with Crippen LogP contribution in [0.2, 0.25) is 0 Å². The van der Waals surface area contributed by atoms with E-state index in [-0.39, 0.29) is 5.75 Å². The van der Waals surface area contributed by atoms with E-state index in [1.165, 1.54) is 6.26 Å². The van der Waals surface area contributed by atoms with Crippen LogP contribution in [0.15, 0.2) is 0 Å². The van der Waals surface area contributed by atoms with Crippen LogP contribution >= 0.6 is 0 Å². The van der Waals surface area contributed by atoms with Gasteiger partial charge in [0.15, 0.2) is 0 Å². The van der Waals surface area contributed by atoms with Crippen LogP contribution in [0.3, 0.4) is 0 Å². The van der Waals surface area contributed by atoms with E-state index in [2.05, 4.69) is 12.2 Å². The van der Waals surface area contributed by atoms with Crippen LogP contribution in [0.5, 0.6) is 0 Å². The van der Waals surface area contributed by atoms with Gasteiger partial charge in [0, 0.05) is 26.0 Å². The van der Waals surface area contributed by atoms with Crippen molar-refractivity contribution < 1.29 is 13.2 Å². The summed E-state index contributed by atoms with van der Waals surface area (Å²) in [6.45, 7) is 5.08. The minimum absolute atomic E-state index is 0.212. The normalized spacial score (nSPS) is 11.9. The highest BCUT2D eigenvalue weighted by molar-refractivity contribution is 7.90. The smallest absolute Gasteiger partial charge is 0.148 e. The van der Waals surface area contributed by atoms with Gasteiger partial charge in [0.25, 0.3) is 0 Å². The lowest BCUT2D eigenvalue weighted by Crippen LogP contribution is -2.24. The number of sulfone groups is 1. The fourth-order valence-electron chi connectivity index (χ4n) is 1.03. The lowest BCUT2D eigenvalue weighted by Gasteiger charge is -2.04. The van der Waals surface area contributed by atoms with Crippen molar-refractivity contribution in [3.05, 3.63) is 0 Å². The summed E-state index contributed by atoms with van der Waals surface area (Å²) in [5, 5.41) is 3.07. The van der Waals surface area contributed by atoms with E-state index in [0.717, 1.165) is 39.0 Å². The Kier molecular flexibility index (Phi) is 9.04. The highest BCUT2D eigenvalue weighted by Gasteiger charge is 1.99. The van der Waals surface area contributed by atoms with E-state index in [1.54, 1.807) is 0 Å². The topological polar surface area (TPSA) is 55.4 Å². The molecule has 4 nitrogen and oxygen atoms in total. The number of ether oxygens (including phenoxy) is 1. The van der Waals surface area contributed by atoms with Crippen molar-refractivity contribution in [1.29, 1.82) is 0 Å². The summed E-state index contributed by atoms with van der Waals surface area (Å²) in [6, 6.07) is 0. The third-order valence-electron chi connectivity index (χ3n) is 1.93. The first kappa shape index (κ1) is 14.9. The molecule has 0 saturated heterocycles. The zero-order valence-corrected chi connectivity index (χ0v) is 10.6. The molecule has 0 rings (SSSR count). The molecule has 0 aromatic heterocycles. The Morgan fingerprint density at radius 1 is 1.13 bits per heavy atom. The first-order valence-electron chi connectivity index (χ1n) is 5.52. The summed E-state index contributed by atoms with van der Waals surface area (Å²) in [6.07, 6.45) is 4.46. The SMILES string of the molecule is CCCCOCCCNCCS(C)(=O)=O. The van der Waals surface area contributed by atoms with Gasteiger partial charge in [0.05, 0.1) is 5.75 Å². The molecule has 0 unspecified atom stereocenters. The standard InChI is InChI=1S/C10H23NO3S/c1-3-4-8-14-9-5-6-11-7-10-15(2,12)13/h11H,3-10H2,1-2H3. The largest absolute Gasteiger partial charge is 0.381 e. The Bertz CT molecular complexity index is 227. The predicted molar refractivity (Wildman–Crippen MR) is 62.9 cm³/mol. The highest BCUT2D eigenvalue weighted by atomic mass is 32.2. The number of hydrogen-bond donors (Lipinski definition) is 1. The monoisotopic (exact) mass is 237 g/mol. The average molecular weight is 237 g/mol. The maximum absolute atomic E-state index is 10.8. The van der Waals surface area contributed by atoms with Gasteiger partial charge in [-0.05, 0) is 19.4 Å². The van der Waals surface area contributed by atoms with Gasteiger partial charge < -0.3 is 10.1 Å². The van der Waals surface area contributed by atoms with E-state index in [0.29, 0.717) is 6.54 Å². The number of nitrogens with one attached hydrogen (secondary N) is 1. The first-order valence-corrected chi connectivity index (χ1v) is 7.58. The van der Waals surface area contributed by atoms with Crippen LogP contribution in [-0.2, 0) is 14.6 Å². The molecule has 1 N–H and O–H groups in total. The first-order chi connectivity index (χ1) is 7.06. The zero-order valence-electron chi connectivity index (χ0n) is 9.79. The number of hydrogen-bond acceptors (Lipinski definition) is 4. The molecular formula is C10H23NO3S. The summed E-state index contributed by atoms with van der Waals surface area (Å²) in [4.78, 5) is 0. The molecule has 5 heteroatoms. The molecule has 0 amide bonds. The quantitative estimate of drug-likeness (QED) is 0.572. The van der Waals surface area contributed by atoms with Gasteiger partial charge in [-0.25, -0.2) is 8.42 Å². The Labute approximate surface area is 93.3 Å². The Hall–Kier alpha value is -0.130. The second-order valence-electron chi connectivity index (χ2n) is 3.70. The van der Waals surface area contributed by atoms with Crippen molar-refractivity contribution in [3.63, 3.8) is 0 Å². The van der Waals surface area contributed by atoms with E-state index in [4.69, 9.17) is 4.74 Å². The number of rotatable bonds is 10. The highest BCUT2D eigenvalue weighted by Crippen LogP contribution is 1.89. The fourth-order valence-corrected chi connectivity index (χ4v) is 1.55. The average Bonchev–Trinajstić information content (AvgIpc) is 2.14. The molecular weight excluding hydrogens is 214 g/mol. The molecule has 0 aliphatic rings. The summed E-state index contributed by atoms with van der Waals surface area (Å²) < 4.78 is 26.9. The van der Waals surface area contributed by atoms with E-state index in [1.807, 2.05) is 0 Å². The maximum atomic E-state index is 10.8. The van der Waals surface area contributed by atoms with E-state index >= 15 is 0 Å². The van der Waals surface area contributed by atoms with Gasteiger partial charge in [0.1, 0.15) is 9.84 Å². The van der Waals surface area contributed by atoms with Crippen LogP contribution in [-0.4, -0.2) is 46.7 Å². The molecule has 0 aromatic carbocycles. The summed E-state index contributed by atoms with van der Waals surface area (Å²) in [7, 11) is -2.82. The van der Waals surface area contributed by atoms with Crippen LogP contribution < -0.4 is 5.32 Å². The second kappa shape index (κ2) is 9.12. The van der Waals surface area contributed by atoms with Crippen LogP contribution in [0.25, 0.3) is 0 Å². The van der Waals surface area contributed by atoms with Gasteiger partial charge >= 0.3 is 0 Å². The molecule has 0 spiro atoms. The second-order valence-corrected chi connectivity index (χ2v) is 5.96. The maximum Gasteiger partial charge on any atom is 0.148 e. The van der Waals surface area contributed by atoms with Crippen molar-refractivity contribution in [2.45, 2.75) is 26.2 Å². The number of unbranched alkanes of at least 4 members (excludes halogenated alkanes) is 1. The van der Waals surface area contributed by atoms with Gasteiger partial charge in [-0.2, -0.15) is 0 Å². The van der Waals surface area contributed by atoms with Crippen LogP contribution in [0.1, 0.15) is 26.2 Å². The Balaban J connectivity index is 3.06. The van der Waals surface area contributed by atoms with Crippen molar-refractivity contribution in [3.8, 4) is 0 Å². The molecule has 0 radical (unpaired) electrons. The van der Waals surface area contributed by atoms with Gasteiger partial charge in [-0.15, -0.1) is 0 Å². The molecule has 0 saturated carbocycles. The molecule has 92 valence electrons. The third kappa shape index (κ3) is 13.9. The lowest BCUT2D eigenvalue weighted by atomic mass is 10.4. The molecule has 0 heterocycles. The Morgan fingerprint density at radius 3 is 2.40 bits per heavy atom. The molecule has 0 aliphatic heterocycles. The van der Waals surface area contributed by atoms with Crippen molar-refractivity contribution in [2.24, 2.45) is 0 Å². The molecule has 0 fully saturated rings. The molecule has 0 atom stereocenters. The fraction of sp³-hybridized carbons (Fsp3) is 1.00. The van der Waals surface area contributed by atoms with Gasteiger partial charge in [0.2, 0.25) is 0 Å². The molecule has 0 bridgehead atoms. The summed E-state index contributed by atoms with van der Waals surface area (Å²) >= 11 is 0. The van der Waals surface area contributed by atoms with E-state index in [9.17, 15) is 8.42 Å². The molecule has 0 aromatic rings. The van der Waals surface area contributed by atoms with Gasteiger partial charge in [-0.1, -0.05) is 13.3 Å². The van der Waals surface area contributed by atoms with Gasteiger partial charge in [-0.3, -0.25) is 0 Å². The Morgan fingerprint density at radius 2 is 1.80 bits per heavy atom. The minimum atomic E-state index is -2.82. The third-order valence-corrected chi connectivity index (χ3v) is 2.88.